The predicted octanol–water partition coefficient (Wildman–Crippen LogP) is 3.66. The van der Waals surface area contributed by atoms with Crippen molar-refractivity contribution in [3.05, 3.63) is 66.4 Å². The average Bonchev–Trinajstić information content (AvgIpc) is 3.33. The van der Waals surface area contributed by atoms with E-state index >= 15 is 0 Å². The number of ether oxygens (including phenoxy) is 2. The Morgan fingerprint density at radius 1 is 0.946 bits per heavy atom. The molecular weight excluding hydrogens is 468 g/mol. The molecule has 4 aromatic rings. The van der Waals surface area contributed by atoms with E-state index in [0.29, 0.717) is 5.95 Å². The van der Waals surface area contributed by atoms with Gasteiger partial charge in [0.2, 0.25) is 5.95 Å². The molecule has 194 valence electrons. The Morgan fingerprint density at radius 3 is 2.46 bits per heavy atom. The third-order valence-electron chi connectivity index (χ3n) is 6.69. The molecule has 0 bridgehead atoms. The number of nitrogens with zero attached hydrogens (tertiary/aromatic N) is 5. The third kappa shape index (κ3) is 5.69. The first-order chi connectivity index (χ1) is 18.0. The lowest BCUT2D eigenvalue weighted by Gasteiger charge is -2.35. The third-order valence-corrected chi connectivity index (χ3v) is 6.69. The number of benzene rings is 2. The number of hydrogen-bond donors (Lipinski definition) is 2. The minimum Gasteiger partial charge on any atom is -0.496 e. The Balaban J connectivity index is 1.32. The van der Waals surface area contributed by atoms with E-state index in [2.05, 4.69) is 32.2 Å². The molecular formula is C28H34N6O3. The molecule has 1 saturated heterocycles. The second-order valence-electron chi connectivity index (χ2n) is 9.42. The Kier molecular flexibility index (Phi) is 7.55. The normalized spacial score (nSPS) is 15.6. The zero-order valence-electron chi connectivity index (χ0n) is 21.6. The standard InChI is InChI=1S/C28H34N6O3/c1-20(35)18-32-12-14-33(15-13-32)19-21-8-10-24(27(16-21)37-3)30-28-29-17-22-9-11-25(34(22)31-28)23-6-4-5-7-26(23)36-2/h4-11,16-17,20,35H,12-15,18-19H2,1-3H3,(H,30,31)/t20-/m0/s1. The number of aliphatic hydroxyl groups excluding tert-OH is 1. The Hall–Kier alpha value is -3.66. The van der Waals surface area contributed by atoms with E-state index < -0.39 is 0 Å². The van der Waals surface area contributed by atoms with E-state index in [1.807, 2.05) is 53.9 Å². The quantitative estimate of drug-likeness (QED) is 0.359. The molecule has 1 aliphatic heterocycles. The summed E-state index contributed by atoms with van der Waals surface area (Å²) in [6, 6.07) is 18.1. The molecule has 2 aromatic carbocycles. The highest BCUT2D eigenvalue weighted by Crippen LogP contribution is 2.32. The van der Waals surface area contributed by atoms with Gasteiger partial charge in [-0.05, 0) is 48.9 Å². The maximum absolute atomic E-state index is 9.63. The van der Waals surface area contributed by atoms with Crippen LogP contribution in [0.15, 0.2) is 60.8 Å². The summed E-state index contributed by atoms with van der Waals surface area (Å²) in [5, 5.41) is 17.7. The molecule has 0 radical (unpaired) electrons. The molecule has 5 rings (SSSR count). The maximum Gasteiger partial charge on any atom is 0.245 e. The predicted molar refractivity (Wildman–Crippen MR) is 145 cm³/mol. The summed E-state index contributed by atoms with van der Waals surface area (Å²) in [5.74, 6) is 2.00. The molecule has 9 nitrogen and oxygen atoms in total. The number of rotatable bonds is 9. The molecule has 0 aliphatic carbocycles. The van der Waals surface area contributed by atoms with E-state index in [1.165, 1.54) is 5.56 Å². The van der Waals surface area contributed by atoms with Crippen LogP contribution in [0.1, 0.15) is 12.5 Å². The first kappa shape index (κ1) is 25.0. The number of aliphatic hydroxyl groups is 1. The summed E-state index contributed by atoms with van der Waals surface area (Å²) in [6.45, 7) is 7.33. The molecule has 0 saturated carbocycles. The summed E-state index contributed by atoms with van der Waals surface area (Å²) in [5.41, 5.74) is 4.77. The molecule has 1 fully saturated rings. The second-order valence-corrected chi connectivity index (χ2v) is 9.42. The second kappa shape index (κ2) is 11.2. The molecule has 0 unspecified atom stereocenters. The van der Waals surface area contributed by atoms with Gasteiger partial charge >= 0.3 is 0 Å². The van der Waals surface area contributed by atoms with E-state index in [4.69, 9.17) is 14.6 Å². The van der Waals surface area contributed by atoms with Crippen molar-refractivity contribution < 1.29 is 14.6 Å². The first-order valence-corrected chi connectivity index (χ1v) is 12.6. The van der Waals surface area contributed by atoms with E-state index in [0.717, 1.165) is 73.2 Å². The Morgan fingerprint density at radius 2 is 1.70 bits per heavy atom. The highest BCUT2D eigenvalue weighted by Gasteiger charge is 2.19. The van der Waals surface area contributed by atoms with Crippen molar-refractivity contribution in [2.24, 2.45) is 0 Å². The summed E-state index contributed by atoms with van der Waals surface area (Å²) < 4.78 is 13.1. The van der Waals surface area contributed by atoms with Crippen LogP contribution in [0.25, 0.3) is 16.8 Å². The fourth-order valence-corrected chi connectivity index (χ4v) is 4.84. The van der Waals surface area contributed by atoms with Crippen LogP contribution in [-0.4, -0.2) is 82.6 Å². The number of anilines is 2. The van der Waals surface area contributed by atoms with Crippen molar-refractivity contribution in [2.75, 3.05) is 52.3 Å². The Bertz CT molecular complexity index is 1350. The fourth-order valence-electron chi connectivity index (χ4n) is 4.84. The topological polar surface area (TPSA) is 87.4 Å². The van der Waals surface area contributed by atoms with Gasteiger partial charge in [0.15, 0.2) is 0 Å². The summed E-state index contributed by atoms with van der Waals surface area (Å²) in [7, 11) is 3.35. The van der Waals surface area contributed by atoms with Crippen LogP contribution in [0.4, 0.5) is 11.6 Å². The zero-order valence-corrected chi connectivity index (χ0v) is 21.6. The van der Waals surface area contributed by atoms with Crippen LogP contribution in [0.2, 0.25) is 0 Å². The van der Waals surface area contributed by atoms with Gasteiger partial charge in [0.1, 0.15) is 11.5 Å². The average molecular weight is 503 g/mol. The summed E-state index contributed by atoms with van der Waals surface area (Å²) >= 11 is 0. The molecule has 3 heterocycles. The summed E-state index contributed by atoms with van der Waals surface area (Å²) in [4.78, 5) is 9.26. The minimum atomic E-state index is -0.286. The fraction of sp³-hybridized carbons (Fsp3) is 0.357. The molecule has 9 heteroatoms. The van der Waals surface area contributed by atoms with Gasteiger partial charge in [-0.1, -0.05) is 18.2 Å². The largest absolute Gasteiger partial charge is 0.496 e. The van der Waals surface area contributed by atoms with E-state index in [1.54, 1.807) is 20.4 Å². The van der Waals surface area contributed by atoms with Gasteiger partial charge in [-0.25, -0.2) is 9.50 Å². The molecule has 37 heavy (non-hydrogen) atoms. The lowest BCUT2D eigenvalue weighted by molar-refractivity contribution is 0.0780. The van der Waals surface area contributed by atoms with E-state index in [9.17, 15) is 5.11 Å². The number of nitrogens with one attached hydrogen (secondary N) is 1. The van der Waals surface area contributed by atoms with Gasteiger partial charge in [0.25, 0.3) is 0 Å². The van der Waals surface area contributed by atoms with E-state index in [-0.39, 0.29) is 6.10 Å². The molecule has 1 atom stereocenters. The van der Waals surface area contributed by atoms with Gasteiger partial charge in [-0.3, -0.25) is 9.80 Å². The zero-order chi connectivity index (χ0) is 25.8. The van der Waals surface area contributed by atoms with Crippen molar-refractivity contribution in [1.29, 1.82) is 0 Å². The van der Waals surface area contributed by atoms with Crippen LogP contribution >= 0.6 is 0 Å². The Labute approximate surface area is 217 Å². The van der Waals surface area contributed by atoms with Crippen LogP contribution in [-0.2, 0) is 6.54 Å². The first-order valence-electron chi connectivity index (χ1n) is 12.6. The number of methoxy groups -OCH3 is 2. The number of para-hydroxylation sites is 1. The van der Waals surface area contributed by atoms with Crippen molar-refractivity contribution in [3.8, 4) is 22.8 Å². The lowest BCUT2D eigenvalue weighted by Crippen LogP contribution is -2.47. The van der Waals surface area contributed by atoms with Gasteiger partial charge in [-0.15, -0.1) is 5.10 Å². The van der Waals surface area contributed by atoms with Crippen molar-refractivity contribution in [1.82, 2.24) is 24.4 Å². The van der Waals surface area contributed by atoms with Gasteiger partial charge in [-0.2, -0.15) is 0 Å². The van der Waals surface area contributed by atoms with Gasteiger partial charge in [0.05, 0.1) is 43.4 Å². The molecule has 1 aliphatic rings. The highest BCUT2D eigenvalue weighted by molar-refractivity contribution is 5.72. The van der Waals surface area contributed by atoms with Crippen LogP contribution in [0, 0.1) is 0 Å². The SMILES string of the molecule is COc1cc(CN2CCN(C[C@H](C)O)CC2)ccc1Nc1ncc2ccc(-c3ccccc3OC)n2n1. The molecule has 2 N–H and O–H groups in total. The number of fused-ring (bicyclic) bond motifs is 1. The smallest absolute Gasteiger partial charge is 0.245 e. The van der Waals surface area contributed by atoms with Crippen molar-refractivity contribution in [3.63, 3.8) is 0 Å². The number of β-amino-alcohol motifs (C(OH)–C–C–N with tert-alkyl or cyclic N) is 1. The monoisotopic (exact) mass is 502 g/mol. The number of hydrogen-bond acceptors (Lipinski definition) is 8. The molecule has 2 aromatic heterocycles. The van der Waals surface area contributed by atoms with Crippen LogP contribution < -0.4 is 14.8 Å². The van der Waals surface area contributed by atoms with Gasteiger partial charge < -0.3 is 19.9 Å². The van der Waals surface area contributed by atoms with Gasteiger partial charge in [0, 0.05) is 44.8 Å². The highest BCUT2D eigenvalue weighted by atomic mass is 16.5. The minimum absolute atomic E-state index is 0.286. The van der Waals surface area contributed by atoms with Crippen molar-refractivity contribution >= 4 is 17.2 Å². The van der Waals surface area contributed by atoms with Crippen LogP contribution in [0.5, 0.6) is 11.5 Å². The van der Waals surface area contributed by atoms with Crippen molar-refractivity contribution in [2.45, 2.75) is 19.6 Å². The number of piperazine rings is 1. The molecule has 0 amide bonds. The molecule has 0 spiro atoms. The lowest BCUT2D eigenvalue weighted by atomic mass is 10.1. The summed E-state index contributed by atoms with van der Waals surface area (Å²) in [6.07, 6.45) is 1.51. The maximum atomic E-state index is 9.63. The number of aromatic nitrogens is 3. The van der Waals surface area contributed by atoms with Crippen LogP contribution in [0.3, 0.4) is 0 Å².